The third-order valence-electron chi connectivity index (χ3n) is 1.51. The highest BCUT2D eigenvalue weighted by Crippen LogP contribution is 2.16. The molecule has 0 saturated carbocycles. The number of hydrogen-bond donors (Lipinski definition) is 0. The summed E-state index contributed by atoms with van der Waals surface area (Å²) < 4.78 is 4.99. The number of rotatable bonds is 6. The quantitative estimate of drug-likeness (QED) is 0.285. The van der Waals surface area contributed by atoms with E-state index in [0.717, 1.165) is 0 Å². The van der Waals surface area contributed by atoms with Crippen molar-refractivity contribution in [2.75, 3.05) is 20.3 Å². The molecule has 4 nitrogen and oxygen atoms in total. The standard InChI is InChI=1S/C10H18O4/c1-8(2)9(11)13-6-10(3,4)7-14-12-5/h1,6-7H2,2-5H3. The van der Waals surface area contributed by atoms with E-state index in [4.69, 9.17) is 9.62 Å². The molecular weight excluding hydrogens is 184 g/mol. The molecule has 82 valence electrons. The number of carbonyl (C=O) groups excluding carboxylic acids is 1. The van der Waals surface area contributed by atoms with Gasteiger partial charge in [-0.05, 0) is 6.92 Å². The Morgan fingerprint density at radius 2 is 1.93 bits per heavy atom. The van der Waals surface area contributed by atoms with Gasteiger partial charge >= 0.3 is 5.97 Å². The summed E-state index contributed by atoms with van der Waals surface area (Å²) in [4.78, 5) is 20.3. The first kappa shape index (κ1) is 13.1. The van der Waals surface area contributed by atoms with Gasteiger partial charge in [-0.1, -0.05) is 20.4 Å². The fourth-order valence-electron chi connectivity index (χ4n) is 0.644. The molecule has 0 unspecified atom stereocenters. The van der Waals surface area contributed by atoms with Crippen molar-refractivity contribution in [1.82, 2.24) is 0 Å². The molecular formula is C10H18O4. The molecule has 0 N–H and O–H groups in total. The van der Waals surface area contributed by atoms with E-state index in [1.807, 2.05) is 13.8 Å². The summed E-state index contributed by atoms with van der Waals surface area (Å²) in [5.74, 6) is -0.379. The van der Waals surface area contributed by atoms with Gasteiger partial charge in [0.2, 0.25) is 0 Å². The van der Waals surface area contributed by atoms with E-state index in [2.05, 4.69) is 11.5 Å². The van der Waals surface area contributed by atoms with Crippen molar-refractivity contribution in [2.45, 2.75) is 20.8 Å². The Kier molecular flexibility index (Phi) is 5.42. The molecule has 0 rings (SSSR count). The average Bonchev–Trinajstić information content (AvgIpc) is 2.11. The lowest BCUT2D eigenvalue weighted by Gasteiger charge is -2.22. The van der Waals surface area contributed by atoms with Gasteiger partial charge in [-0.25, -0.2) is 14.6 Å². The lowest BCUT2D eigenvalue weighted by atomic mass is 9.96. The summed E-state index contributed by atoms with van der Waals surface area (Å²) >= 11 is 0. The topological polar surface area (TPSA) is 44.8 Å². The van der Waals surface area contributed by atoms with E-state index in [1.54, 1.807) is 6.92 Å². The zero-order chi connectivity index (χ0) is 11.2. The molecule has 14 heavy (non-hydrogen) atoms. The molecule has 0 spiro atoms. The Morgan fingerprint density at radius 3 is 2.36 bits per heavy atom. The molecule has 0 fully saturated rings. The van der Waals surface area contributed by atoms with Crippen LogP contribution in [0.25, 0.3) is 0 Å². The highest BCUT2D eigenvalue weighted by atomic mass is 17.2. The van der Waals surface area contributed by atoms with Crippen LogP contribution >= 0.6 is 0 Å². The van der Waals surface area contributed by atoms with E-state index < -0.39 is 0 Å². The molecule has 0 atom stereocenters. The molecule has 0 radical (unpaired) electrons. The summed E-state index contributed by atoms with van der Waals surface area (Å²) in [5.41, 5.74) is 0.134. The van der Waals surface area contributed by atoms with Crippen molar-refractivity contribution in [3.8, 4) is 0 Å². The first-order chi connectivity index (χ1) is 6.39. The highest BCUT2D eigenvalue weighted by Gasteiger charge is 2.21. The smallest absolute Gasteiger partial charge is 0.333 e. The van der Waals surface area contributed by atoms with Crippen molar-refractivity contribution in [3.05, 3.63) is 12.2 Å². The Hall–Kier alpha value is -0.870. The maximum Gasteiger partial charge on any atom is 0.333 e. The molecule has 4 heteroatoms. The van der Waals surface area contributed by atoms with Gasteiger partial charge in [-0.15, -0.1) is 0 Å². The minimum atomic E-state index is -0.379. The minimum absolute atomic E-state index is 0.263. The predicted octanol–water partition coefficient (Wildman–Crippen LogP) is 1.71. The Labute approximate surface area is 84.8 Å². The second-order valence-electron chi connectivity index (χ2n) is 3.95. The molecule has 0 aromatic rings. The van der Waals surface area contributed by atoms with Crippen LogP contribution in [0.4, 0.5) is 0 Å². The number of esters is 1. The van der Waals surface area contributed by atoms with Crippen LogP contribution in [0.1, 0.15) is 20.8 Å². The molecule has 0 aliphatic rings. The van der Waals surface area contributed by atoms with Crippen molar-refractivity contribution in [2.24, 2.45) is 5.41 Å². The van der Waals surface area contributed by atoms with Crippen LogP contribution in [-0.4, -0.2) is 26.3 Å². The number of carbonyl (C=O) groups is 1. The van der Waals surface area contributed by atoms with Gasteiger partial charge in [0, 0.05) is 11.0 Å². The lowest BCUT2D eigenvalue weighted by Crippen LogP contribution is -2.27. The molecule has 0 amide bonds. The molecule has 0 saturated heterocycles. The lowest BCUT2D eigenvalue weighted by molar-refractivity contribution is -0.289. The maximum absolute atomic E-state index is 11.1. The number of hydrogen-bond acceptors (Lipinski definition) is 4. The van der Waals surface area contributed by atoms with Crippen LogP contribution in [0.3, 0.4) is 0 Å². The van der Waals surface area contributed by atoms with Crippen molar-refractivity contribution < 1.29 is 19.3 Å². The third kappa shape index (κ3) is 5.72. The molecule has 0 heterocycles. The van der Waals surface area contributed by atoms with Crippen LogP contribution in [0.5, 0.6) is 0 Å². The summed E-state index contributed by atoms with van der Waals surface area (Å²) in [5, 5.41) is 0. The van der Waals surface area contributed by atoms with Gasteiger partial charge < -0.3 is 4.74 Å². The van der Waals surface area contributed by atoms with Crippen molar-refractivity contribution >= 4 is 5.97 Å². The fourth-order valence-corrected chi connectivity index (χ4v) is 0.644. The monoisotopic (exact) mass is 202 g/mol. The van der Waals surface area contributed by atoms with Gasteiger partial charge in [-0.3, -0.25) is 0 Å². The normalized spacial score (nSPS) is 11.1. The first-order valence-corrected chi connectivity index (χ1v) is 4.37. The van der Waals surface area contributed by atoms with Crippen LogP contribution in [0, 0.1) is 5.41 Å². The van der Waals surface area contributed by atoms with Crippen LogP contribution < -0.4 is 0 Å². The largest absolute Gasteiger partial charge is 0.462 e. The van der Waals surface area contributed by atoms with Gasteiger partial charge in [0.05, 0.1) is 20.3 Å². The maximum atomic E-state index is 11.1. The Bertz CT molecular complexity index is 208. The molecule has 0 bridgehead atoms. The van der Waals surface area contributed by atoms with Crippen LogP contribution in [-0.2, 0) is 19.3 Å². The minimum Gasteiger partial charge on any atom is -0.462 e. The molecule has 0 aromatic carbocycles. The molecule has 0 aliphatic carbocycles. The fraction of sp³-hybridized carbons (Fsp3) is 0.700. The zero-order valence-electron chi connectivity index (χ0n) is 9.25. The Balaban J connectivity index is 3.86. The van der Waals surface area contributed by atoms with Crippen LogP contribution in [0.2, 0.25) is 0 Å². The van der Waals surface area contributed by atoms with Crippen molar-refractivity contribution in [3.63, 3.8) is 0 Å². The SMILES string of the molecule is C=C(C)C(=O)OCC(C)(C)COOC. The first-order valence-electron chi connectivity index (χ1n) is 4.37. The Morgan fingerprint density at radius 1 is 1.36 bits per heavy atom. The summed E-state index contributed by atoms with van der Waals surface area (Å²) in [6.45, 7) is 9.58. The van der Waals surface area contributed by atoms with Gasteiger partial charge in [0.1, 0.15) is 0 Å². The van der Waals surface area contributed by atoms with E-state index in [9.17, 15) is 4.79 Å². The van der Waals surface area contributed by atoms with Gasteiger partial charge in [0.25, 0.3) is 0 Å². The highest BCUT2D eigenvalue weighted by molar-refractivity contribution is 5.86. The van der Waals surface area contributed by atoms with Gasteiger partial charge in [0.15, 0.2) is 0 Å². The third-order valence-corrected chi connectivity index (χ3v) is 1.51. The zero-order valence-corrected chi connectivity index (χ0v) is 9.25. The number of ether oxygens (including phenoxy) is 1. The average molecular weight is 202 g/mol. The van der Waals surface area contributed by atoms with Gasteiger partial charge in [-0.2, -0.15) is 0 Å². The van der Waals surface area contributed by atoms with E-state index in [0.29, 0.717) is 12.2 Å². The van der Waals surface area contributed by atoms with E-state index in [1.165, 1.54) is 7.11 Å². The second-order valence-corrected chi connectivity index (χ2v) is 3.95. The molecule has 0 aliphatic heterocycles. The van der Waals surface area contributed by atoms with Crippen molar-refractivity contribution in [1.29, 1.82) is 0 Å². The van der Waals surface area contributed by atoms with E-state index >= 15 is 0 Å². The summed E-state index contributed by atoms with van der Waals surface area (Å²) in [6, 6.07) is 0. The predicted molar refractivity (Wildman–Crippen MR) is 52.5 cm³/mol. The molecule has 0 aromatic heterocycles. The van der Waals surface area contributed by atoms with E-state index in [-0.39, 0.29) is 18.0 Å². The summed E-state index contributed by atoms with van der Waals surface area (Å²) in [7, 11) is 1.44. The van der Waals surface area contributed by atoms with Crippen LogP contribution in [0.15, 0.2) is 12.2 Å². The summed E-state index contributed by atoms with van der Waals surface area (Å²) in [6.07, 6.45) is 0. The second kappa shape index (κ2) is 5.78.